The Balaban J connectivity index is 1.81. The number of carbonyl (C=O) groups is 2. The molecular weight excluding hydrogens is 309 g/mol. The molecule has 0 saturated heterocycles. The molecule has 0 aliphatic heterocycles. The summed E-state index contributed by atoms with van der Waals surface area (Å²) >= 11 is 0. The van der Waals surface area contributed by atoms with Gasteiger partial charge in [-0.1, -0.05) is 24.3 Å². The van der Waals surface area contributed by atoms with Gasteiger partial charge in [0, 0.05) is 11.4 Å². The highest BCUT2D eigenvalue weighted by molar-refractivity contribution is 5.95. The number of aryl methyl sites for hydroxylation is 1. The van der Waals surface area contributed by atoms with E-state index in [0.29, 0.717) is 5.69 Å². The van der Waals surface area contributed by atoms with E-state index in [1.165, 1.54) is 18.2 Å². The summed E-state index contributed by atoms with van der Waals surface area (Å²) in [5.74, 6) is -0.934. The Labute approximate surface area is 140 Å². The molecule has 0 unspecified atom stereocenters. The van der Waals surface area contributed by atoms with Crippen LogP contribution in [0, 0.1) is 12.7 Å². The van der Waals surface area contributed by atoms with Gasteiger partial charge < -0.3 is 10.6 Å². The van der Waals surface area contributed by atoms with Crippen LogP contribution in [-0.2, 0) is 9.59 Å². The van der Waals surface area contributed by atoms with E-state index in [2.05, 4.69) is 10.6 Å². The number of likely N-dealkylation sites (N-methyl/N-ethyl adjacent to an activating group) is 1. The van der Waals surface area contributed by atoms with Crippen LogP contribution < -0.4 is 10.6 Å². The van der Waals surface area contributed by atoms with Gasteiger partial charge >= 0.3 is 0 Å². The number of amides is 2. The Morgan fingerprint density at radius 3 is 2.33 bits per heavy atom. The fourth-order valence-corrected chi connectivity index (χ4v) is 2.22. The third-order valence-electron chi connectivity index (χ3n) is 3.35. The Bertz CT molecular complexity index is 734. The highest BCUT2D eigenvalue weighted by atomic mass is 19.1. The number of para-hydroxylation sites is 1. The molecule has 2 amide bonds. The average molecular weight is 329 g/mol. The van der Waals surface area contributed by atoms with Gasteiger partial charge in [0.05, 0.1) is 13.1 Å². The molecule has 0 aromatic heterocycles. The van der Waals surface area contributed by atoms with Crippen LogP contribution in [0.15, 0.2) is 48.5 Å². The first-order valence-electron chi connectivity index (χ1n) is 7.53. The van der Waals surface area contributed by atoms with Crippen LogP contribution in [0.3, 0.4) is 0 Å². The maximum Gasteiger partial charge on any atom is 0.238 e. The summed E-state index contributed by atoms with van der Waals surface area (Å²) in [6.45, 7) is 2.01. The molecular formula is C18H20FN3O2. The van der Waals surface area contributed by atoms with E-state index in [0.717, 1.165) is 11.3 Å². The molecule has 0 aliphatic rings. The van der Waals surface area contributed by atoms with Crippen LogP contribution in [0.25, 0.3) is 0 Å². The molecule has 2 rings (SSSR count). The van der Waals surface area contributed by atoms with Crippen molar-refractivity contribution in [3.05, 3.63) is 59.9 Å². The fourth-order valence-electron chi connectivity index (χ4n) is 2.22. The normalized spacial score (nSPS) is 10.5. The molecule has 0 atom stereocenters. The summed E-state index contributed by atoms with van der Waals surface area (Å²) in [6.07, 6.45) is 0. The monoisotopic (exact) mass is 329 g/mol. The molecule has 0 saturated carbocycles. The highest BCUT2D eigenvalue weighted by Crippen LogP contribution is 2.13. The van der Waals surface area contributed by atoms with Crippen LogP contribution in [-0.4, -0.2) is 36.9 Å². The number of hydrogen-bond donors (Lipinski definition) is 2. The third-order valence-corrected chi connectivity index (χ3v) is 3.35. The molecule has 2 aromatic carbocycles. The third kappa shape index (κ3) is 5.48. The largest absolute Gasteiger partial charge is 0.325 e. The molecule has 24 heavy (non-hydrogen) atoms. The van der Waals surface area contributed by atoms with E-state index >= 15 is 0 Å². The first-order chi connectivity index (χ1) is 11.4. The smallest absolute Gasteiger partial charge is 0.238 e. The quantitative estimate of drug-likeness (QED) is 0.856. The first kappa shape index (κ1) is 17.6. The molecule has 2 N–H and O–H groups in total. The average Bonchev–Trinajstić information content (AvgIpc) is 2.49. The lowest BCUT2D eigenvalue weighted by molar-refractivity contribution is -0.119. The molecule has 0 fully saturated rings. The molecule has 126 valence electrons. The van der Waals surface area contributed by atoms with E-state index in [1.54, 1.807) is 18.0 Å². The lowest BCUT2D eigenvalue weighted by atomic mass is 10.2. The van der Waals surface area contributed by atoms with Crippen molar-refractivity contribution in [2.45, 2.75) is 6.92 Å². The molecule has 0 heterocycles. The second-order valence-electron chi connectivity index (χ2n) is 5.59. The standard InChI is InChI=1S/C18H20FN3O2/c1-13-6-3-4-9-16(13)21-18(24)12-22(2)11-17(23)20-15-8-5-7-14(19)10-15/h3-10H,11-12H2,1-2H3,(H,20,23)(H,21,24). The number of halogens is 1. The number of nitrogens with one attached hydrogen (secondary N) is 2. The number of anilines is 2. The molecule has 0 radical (unpaired) electrons. The zero-order chi connectivity index (χ0) is 17.5. The van der Waals surface area contributed by atoms with Crippen molar-refractivity contribution in [3.63, 3.8) is 0 Å². The van der Waals surface area contributed by atoms with Gasteiger partial charge in [-0.2, -0.15) is 0 Å². The Kier molecular flexibility index (Phi) is 6.03. The number of nitrogens with zero attached hydrogens (tertiary/aromatic N) is 1. The minimum atomic E-state index is -0.418. The number of carbonyl (C=O) groups excluding carboxylic acids is 2. The molecule has 5 nitrogen and oxygen atoms in total. The molecule has 0 spiro atoms. The van der Waals surface area contributed by atoms with Crippen LogP contribution in [0.1, 0.15) is 5.56 Å². The van der Waals surface area contributed by atoms with Gasteiger partial charge in [0.25, 0.3) is 0 Å². The number of benzene rings is 2. The second kappa shape index (κ2) is 8.21. The summed E-state index contributed by atoms with van der Waals surface area (Å²) in [5, 5.41) is 5.40. The first-order valence-corrected chi connectivity index (χ1v) is 7.53. The minimum absolute atomic E-state index is 0.0255. The van der Waals surface area contributed by atoms with Crippen molar-refractivity contribution in [1.82, 2.24) is 4.90 Å². The van der Waals surface area contributed by atoms with E-state index in [-0.39, 0.29) is 24.9 Å². The van der Waals surface area contributed by atoms with Crippen molar-refractivity contribution in [3.8, 4) is 0 Å². The number of hydrogen-bond acceptors (Lipinski definition) is 3. The molecule has 6 heteroatoms. The topological polar surface area (TPSA) is 61.4 Å². The van der Waals surface area contributed by atoms with Crippen LogP contribution in [0.2, 0.25) is 0 Å². The number of rotatable bonds is 6. The van der Waals surface area contributed by atoms with Crippen molar-refractivity contribution in [2.75, 3.05) is 30.8 Å². The summed E-state index contributed by atoms with van der Waals surface area (Å²) in [5.41, 5.74) is 2.11. The maximum atomic E-state index is 13.1. The summed E-state index contributed by atoms with van der Waals surface area (Å²) in [6, 6.07) is 13.1. The van der Waals surface area contributed by atoms with Crippen LogP contribution in [0.4, 0.5) is 15.8 Å². The second-order valence-corrected chi connectivity index (χ2v) is 5.59. The van der Waals surface area contributed by atoms with Crippen molar-refractivity contribution in [2.24, 2.45) is 0 Å². The fraction of sp³-hybridized carbons (Fsp3) is 0.222. The maximum absolute atomic E-state index is 13.1. The van der Waals surface area contributed by atoms with Gasteiger partial charge in [0.2, 0.25) is 11.8 Å². The Morgan fingerprint density at radius 2 is 1.67 bits per heavy atom. The van der Waals surface area contributed by atoms with Crippen molar-refractivity contribution >= 4 is 23.2 Å². The van der Waals surface area contributed by atoms with Gasteiger partial charge in [-0.05, 0) is 43.8 Å². The predicted molar refractivity (Wildman–Crippen MR) is 92.3 cm³/mol. The van der Waals surface area contributed by atoms with Crippen molar-refractivity contribution in [1.29, 1.82) is 0 Å². The zero-order valence-electron chi connectivity index (χ0n) is 13.7. The van der Waals surface area contributed by atoms with Crippen LogP contribution >= 0.6 is 0 Å². The van der Waals surface area contributed by atoms with Gasteiger partial charge in [0.15, 0.2) is 0 Å². The van der Waals surface area contributed by atoms with Crippen LogP contribution in [0.5, 0.6) is 0 Å². The lowest BCUT2D eigenvalue weighted by Crippen LogP contribution is -2.36. The lowest BCUT2D eigenvalue weighted by Gasteiger charge is -2.16. The van der Waals surface area contributed by atoms with E-state index in [4.69, 9.17) is 0 Å². The van der Waals surface area contributed by atoms with Gasteiger partial charge in [-0.3, -0.25) is 14.5 Å². The van der Waals surface area contributed by atoms with Crippen molar-refractivity contribution < 1.29 is 14.0 Å². The van der Waals surface area contributed by atoms with E-state index in [1.807, 2.05) is 31.2 Å². The molecule has 0 aliphatic carbocycles. The Hall–Kier alpha value is -2.73. The van der Waals surface area contributed by atoms with Gasteiger partial charge in [0.1, 0.15) is 5.82 Å². The van der Waals surface area contributed by atoms with E-state index in [9.17, 15) is 14.0 Å². The summed E-state index contributed by atoms with van der Waals surface area (Å²) < 4.78 is 13.1. The van der Waals surface area contributed by atoms with Gasteiger partial charge in [-0.15, -0.1) is 0 Å². The Morgan fingerprint density at radius 1 is 1.00 bits per heavy atom. The summed E-state index contributed by atoms with van der Waals surface area (Å²) in [7, 11) is 1.67. The highest BCUT2D eigenvalue weighted by Gasteiger charge is 2.12. The minimum Gasteiger partial charge on any atom is -0.325 e. The predicted octanol–water partition coefficient (Wildman–Crippen LogP) is 2.64. The molecule has 2 aromatic rings. The zero-order valence-corrected chi connectivity index (χ0v) is 13.7. The van der Waals surface area contributed by atoms with E-state index < -0.39 is 5.82 Å². The SMILES string of the molecule is Cc1ccccc1NC(=O)CN(C)CC(=O)Nc1cccc(F)c1. The van der Waals surface area contributed by atoms with Gasteiger partial charge in [-0.25, -0.2) is 4.39 Å². The molecule has 0 bridgehead atoms. The summed E-state index contributed by atoms with van der Waals surface area (Å²) in [4.78, 5) is 25.5.